The molecule has 2 rings (SSSR count). The van der Waals surface area contributed by atoms with Crippen LogP contribution in [0.5, 0.6) is 0 Å². The van der Waals surface area contributed by atoms with E-state index in [1.54, 1.807) is 0 Å². The quantitative estimate of drug-likeness (QED) is 0.692. The van der Waals surface area contributed by atoms with Crippen LogP contribution in [-0.2, 0) is 9.53 Å². The van der Waals surface area contributed by atoms with Crippen LogP contribution in [0.1, 0.15) is 29.0 Å². The molecule has 0 aromatic heterocycles. The van der Waals surface area contributed by atoms with Crippen molar-refractivity contribution in [2.75, 3.05) is 7.11 Å². The Kier molecular flexibility index (Phi) is 2.51. The summed E-state index contributed by atoms with van der Waals surface area (Å²) in [5, 5.41) is 0. The number of esters is 1. The van der Waals surface area contributed by atoms with Crippen LogP contribution in [0.3, 0.4) is 0 Å². The lowest BCUT2D eigenvalue weighted by Crippen LogP contribution is -2.04. The van der Waals surface area contributed by atoms with Crippen molar-refractivity contribution < 1.29 is 9.53 Å². The maximum absolute atomic E-state index is 11.3. The van der Waals surface area contributed by atoms with Crippen LogP contribution in [0, 0.1) is 19.8 Å². The lowest BCUT2D eigenvalue weighted by atomic mass is 10.0. The van der Waals surface area contributed by atoms with Crippen LogP contribution in [0.25, 0.3) is 0 Å². The first-order chi connectivity index (χ1) is 7.13. The number of benzene rings is 1. The highest BCUT2D eigenvalue weighted by Gasteiger charge is 2.45. The first kappa shape index (κ1) is 10.2. The van der Waals surface area contributed by atoms with Gasteiger partial charge in [0.2, 0.25) is 0 Å². The van der Waals surface area contributed by atoms with E-state index in [0.29, 0.717) is 5.92 Å². The maximum Gasteiger partial charge on any atom is 0.309 e. The van der Waals surface area contributed by atoms with Crippen molar-refractivity contribution in [3.05, 3.63) is 34.9 Å². The lowest BCUT2D eigenvalue weighted by Gasteiger charge is -2.05. The van der Waals surface area contributed by atoms with Crippen molar-refractivity contribution in [3.8, 4) is 0 Å². The van der Waals surface area contributed by atoms with E-state index >= 15 is 0 Å². The Labute approximate surface area is 90.3 Å². The molecule has 1 fully saturated rings. The molecule has 1 aromatic rings. The first-order valence-corrected chi connectivity index (χ1v) is 5.28. The van der Waals surface area contributed by atoms with Gasteiger partial charge < -0.3 is 4.74 Å². The van der Waals surface area contributed by atoms with E-state index in [-0.39, 0.29) is 11.9 Å². The maximum atomic E-state index is 11.3. The molecule has 15 heavy (non-hydrogen) atoms. The second kappa shape index (κ2) is 3.69. The van der Waals surface area contributed by atoms with E-state index in [1.165, 1.54) is 23.8 Å². The minimum Gasteiger partial charge on any atom is -0.469 e. The largest absolute Gasteiger partial charge is 0.469 e. The van der Waals surface area contributed by atoms with Gasteiger partial charge in [-0.2, -0.15) is 0 Å². The van der Waals surface area contributed by atoms with Crippen LogP contribution < -0.4 is 0 Å². The summed E-state index contributed by atoms with van der Waals surface area (Å²) in [6.45, 7) is 4.19. The molecule has 1 aliphatic carbocycles. The summed E-state index contributed by atoms with van der Waals surface area (Å²) in [6.07, 6.45) is 0.941. The number of methoxy groups -OCH3 is 1. The molecule has 0 heterocycles. The van der Waals surface area contributed by atoms with E-state index in [1.807, 2.05) is 0 Å². The average Bonchev–Trinajstić information content (AvgIpc) is 2.96. The average molecular weight is 204 g/mol. The fourth-order valence-corrected chi connectivity index (χ4v) is 2.19. The van der Waals surface area contributed by atoms with Gasteiger partial charge in [-0.15, -0.1) is 0 Å². The van der Waals surface area contributed by atoms with Crippen LogP contribution in [0.4, 0.5) is 0 Å². The monoisotopic (exact) mass is 204 g/mol. The minimum atomic E-state index is -0.0695. The molecule has 80 valence electrons. The second-order valence-corrected chi connectivity index (χ2v) is 4.33. The smallest absolute Gasteiger partial charge is 0.309 e. The lowest BCUT2D eigenvalue weighted by molar-refractivity contribution is -0.142. The highest BCUT2D eigenvalue weighted by Crippen LogP contribution is 2.49. The zero-order chi connectivity index (χ0) is 11.0. The predicted octanol–water partition coefficient (Wildman–Crippen LogP) is 2.58. The Morgan fingerprint density at radius 2 is 2.13 bits per heavy atom. The Hall–Kier alpha value is -1.31. The third kappa shape index (κ3) is 1.89. The van der Waals surface area contributed by atoms with Crippen LogP contribution in [0.2, 0.25) is 0 Å². The first-order valence-electron chi connectivity index (χ1n) is 5.28. The van der Waals surface area contributed by atoms with E-state index in [0.717, 1.165) is 6.42 Å². The molecule has 2 nitrogen and oxygen atoms in total. The Balaban J connectivity index is 2.16. The predicted molar refractivity (Wildman–Crippen MR) is 58.8 cm³/mol. The van der Waals surface area contributed by atoms with E-state index < -0.39 is 0 Å². The number of aryl methyl sites for hydroxylation is 2. The van der Waals surface area contributed by atoms with Gasteiger partial charge in [0.05, 0.1) is 13.0 Å². The molecule has 0 amide bonds. The molecular formula is C13H16O2. The van der Waals surface area contributed by atoms with Gasteiger partial charge in [0.15, 0.2) is 0 Å². The SMILES string of the molecule is COC(=O)C1CC1c1ccc(C)cc1C. The molecule has 0 aliphatic heterocycles. The van der Waals surface area contributed by atoms with Crippen molar-refractivity contribution in [1.29, 1.82) is 0 Å². The van der Waals surface area contributed by atoms with Gasteiger partial charge in [0.1, 0.15) is 0 Å². The number of hydrogen-bond acceptors (Lipinski definition) is 2. The Morgan fingerprint density at radius 3 is 2.73 bits per heavy atom. The molecule has 0 saturated heterocycles. The van der Waals surface area contributed by atoms with E-state index in [4.69, 9.17) is 4.74 Å². The molecular weight excluding hydrogens is 188 g/mol. The summed E-state index contributed by atoms with van der Waals surface area (Å²) in [5.74, 6) is 0.412. The van der Waals surface area contributed by atoms with Gasteiger partial charge in [-0.1, -0.05) is 23.8 Å². The summed E-state index contributed by atoms with van der Waals surface area (Å²) in [5.41, 5.74) is 3.86. The van der Waals surface area contributed by atoms with Crippen LogP contribution in [0.15, 0.2) is 18.2 Å². The van der Waals surface area contributed by atoms with E-state index in [2.05, 4.69) is 32.0 Å². The fraction of sp³-hybridized carbons (Fsp3) is 0.462. The molecule has 1 aromatic carbocycles. The van der Waals surface area contributed by atoms with Crippen LogP contribution >= 0.6 is 0 Å². The normalized spacial score (nSPS) is 23.7. The molecule has 2 atom stereocenters. The second-order valence-electron chi connectivity index (χ2n) is 4.33. The van der Waals surface area contributed by atoms with E-state index in [9.17, 15) is 4.79 Å². The third-order valence-corrected chi connectivity index (χ3v) is 3.12. The van der Waals surface area contributed by atoms with Crippen molar-refractivity contribution in [2.24, 2.45) is 5.92 Å². The van der Waals surface area contributed by atoms with Crippen molar-refractivity contribution >= 4 is 5.97 Å². The number of hydrogen-bond donors (Lipinski definition) is 0. The zero-order valence-electron chi connectivity index (χ0n) is 9.41. The Morgan fingerprint density at radius 1 is 1.40 bits per heavy atom. The van der Waals surface area contributed by atoms with Crippen molar-refractivity contribution in [1.82, 2.24) is 0 Å². The molecule has 1 aliphatic rings. The molecule has 0 N–H and O–H groups in total. The summed E-state index contributed by atoms with van der Waals surface area (Å²) in [6, 6.07) is 6.41. The fourth-order valence-electron chi connectivity index (χ4n) is 2.19. The van der Waals surface area contributed by atoms with Gasteiger partial charge in [0.25, 0.3) is 0 Å². The van der Waals surface area contributed by atoms with Crippen molar-refractivity contribution in [2.45, 2.75) is 26.2 Å². The molecule has 2 unspecified atom stereocenters. The summed E-state index contributed by atoms with van der Waals surface area (Å²) in [7, 11) is 1.46. The number of rotatable bonds is 2. The summed E-state index contributed by atoms with van der Waals surface area (Å²) < 4.78 is 4.75. The summed E-state index contributed by atoms with van der Waals surface area (Å²) in [4.78, 5) is 11.3. The number of carbonyl (C=O) groups excluding carboxylic acids is 1. The third-order valence-electron chi connectivity index (χ3n) is 3.12. The van der Waals surface area contributed by atoms with Gasteiger partial charge in [-0.3, -0.25) is 4.79 Å². The minimum absolute atomic E-state index is 0.0695. The zero-order valence-corrected chi connectivity index (χ0v) is 9.41. The molecule has 0 bridgehead atoms. The van der Waals surface area contributed by atoms with Gasteiger partial charge in [-0.05, 0) is 37.3 Å². The van der Waals surface area contributed by atoms with Crippen LogP contribution in [-0.4, -0.2) is 13.1 Å². The van der Waals surface area contributed by atoms with Gasteiger partial charge in [0, 0.05) is 0 Å². The highest BCUT2D eigenvalue weighted by atomic mass is 16.5. The van der Waals surface area contributed by atoms with Crippen molar-refractivity contribution in [3.63, 3.8) is 0 Å². The number of ether oxygens (including phenoxy) is 1. The van der Waals surface area contributed by atoms with Gasteiger partial charge in [-0.25, -0.2) is 0 Å². The highest BCUT2D eigenvalue weighted by molar-refractivity contribution is 5.77. The molecule has 0 radical (unpaired) electrons. The number of carbonyl (C=O) groups is 1. The standard InChI is InChI=1S/C13H16O2/c1-8-4-5-10(9(2)6-8)11-7-12(11)13(14)15-3/h4-6,11-12H,7H2,1-3H3. The molecule has 1 saturated carbocycles. The molecule has 0 spiro atoms. The summed E-state index contributed by atoms with van der Waals surface area (Å²) >= 11 is 0. The molecule has 2 heteroatoms. The Bertz CT molecular complexity index is 396. The topological polar surface area (TPSA) is 26.3 Å². The van der Waals surface area contributed by atoms with Gasteiger partial charge >= 0.3 is 5.97 Å².